The van der Waals surface area contributed by atoms with Crippen molar-refractivity contribution in [1.29, 1.82) is 0 Å². The lowest BCUT2D eigenvalue weighted by atomic mass is 10.1. The lowest BCUT2D eigenvalue weighted by molar-refractivity contribution is -0.131. The summed E-state index contributed by atoms with van der Waals surface area (Å²) in [5.41, 5.74) is 0. The molecule has 0 saturated carbocycles. The first-order valence-corrected chi connectivity index (χ1v) is 14.3. The molecule has 3 unspecified atom stereocenters. The Bertz CT molecular complexity index is 559. The van der Waals surface area contributed by atoms with Crippen molar-refractivity contribution in [3.8, 4) is 0 Å². The van der Waals surface area contributed by atoms with Crippen LogP contribution in [-0.2, 0) is 4.79 Å². The van der Waals surface area contributed by atoms with Crippen molar-refractivity contribution in [2.75, 3.05) is 6.61 Å². The summed E-state index contributed by atoms with van der Waals surface area (Å²) in [6, 6.07) is -0.813. The zero-order chi connectivity index (χ0) is 26.0. The molecule has 0 spiro atoms. The van der Waals surface area contributed by atoms with Crippen LogP contribution in [0, 0.1) is 0 Å². The van der Waals surface area contributed by atoms with Gasteiger partial charge in [-0.3, -0.25) is 4.79 Å². The van der Waals surface area contributed by atoms with Crippen molar-refractivity contribution >= 4 is 5.91 Å². The molecule has 0 aliphatic heterocycles. The summed E-state index contributed by atoms with van der Waals surface area (Å²) in [6.07, 6.45) is 28.7. The topological polar surface area (TPSA) is 89.8 Å². The summed E-state index contributed by atoms with van der Waals surface area (Å²) in [5.74, 6) is -0.530. The number of unbranched alkanes of at least 4 members (excludes halogenated alkanes) is 12. The second-order valence-corrected chi connectivity index (χ2v) is 9.59. The third kappa shape index (κ3) is 21.6. The van der Waals surface area contributed by atoms with Gasteiger partial charge in [0.25, 0.3) is 0 Å². The van der Waals surface area contributed by atoms with Crippen molar-refractivity contribution in [2.24, 2.45) is 0 Å². The molecule has 0 radical (unpaired) electrons. The number of hydrogen-bond acceptors (Lipinski definition) is 4. The molecule has 204 valence electrons. The quantitative estimate of drug-likeness (QED) is 0.0909. The number of amides is 1. The van der Waals surface area contributed by atoms with Crippen LogP contribution in [0.25, 0.3) is 0 Å². The normalized spacial score (nSPS) is 14.8. The predicted octanol–water partition coefficient (Wildman–Crippen LogP) is 6.53. The SMILES string of the molecule is CCCC/C=C\CCCCCCC(O)C(=O)NC(CO)C(O)/C=C/CC/C=C/CCCCCCC. The summed E-state index contributed by atoms with van der Waals surface area (Å²) in [4.78, 5) is 12.2. The van der Waals surface area contributed by atoms with Crippen molar-refractivity contribution in [2.45, 2.75) is 141 Å². The monoisotopic (exact) mass is 493 g/mol. The molecular weight excluding hydrogens is 438 g/mol. The van der Waals surface area contributed by atoms with Gasteiger partial charge in [-0.2, -0.15) is 0 Å². The minimum Gasteiger partial charge on any atom is -0.394 e. The molecule has 4 N–H and O–H groups in total. The van der Waals surface area contributed by atoms with E-state index in [2.05, 4.69) is 43.5 Å². The molecule has 5 nitrogen and oxygen atoms in total. The maximum Gasteiger partial charge on any atom is 0.249 e. The predicted molar refractivity (Wildman–Crippen MR) is 148 cm³/mol. The Hall–Kier alpha value is -1.43. The summed E-state index contributed by atoms with van der Waals surface area (Å²) in [6.45, 7) is 4.04. The highest BCUT2D eigenvalue weighted by Gasteiger charge is 2.22. The number of hydrogen-bond donors (Lipinski definition) is 4. The van der Waals surface area contributed by atoms with E-state index in [0.29, 0.717) is 6.42 Å². The molecule has 3 atom stereocenters. The average molecular weight is 494 g/mol. The van der Waals surface area contributed by atoms with E-state index in [1.807, 2.05) is 6.08 Å². The van der Waals surface area contributed by atoms with E-state index in [4.69, 9.17) is 0 Å². The zero-order valence-corrected chi connectivity index (χ0v) is 22.7. The van der Waals surface area contributed by atoms with E-state index in [0.717, 1.165) is 57.8 Å². The summed E-state index contributed by atoms with van der Waals surface area (Å²) >= 11 is 0. The van der Waals surface area contributed by atoms with Gasteiger partial charge in [-0.25, -0.2) is 0 Å². The molecule has 0 fully saturated rings. The van der Waals surface area contributed by atoms with Crippen LogP contribution in [0.2, 0.25) is 0 Å². The number of carbonyl (C=O) groups excluding carboxylic acids is 1. The molecule has 5 heteroatoms. The fourth-order valence-electron chi connectivity index (χ4n) is 3.82. The average Bonchev–Trinajstić information content (AvgIpc) is 2.86. The zero-order valence-electron chi connectivity index (χ0n) is 22.7. The molecule has 0 aliphatic carbocycles. The van der Waals surface area contributed by atoms with E-state index in [1.54, 1.807) is 6.08 Å². The van der Waals surface area contributed by atoms with Crippen LogP contribution in [0.1, 0.15) is 123 Å². The Kier molecular flexibility index (Phi) is 24.6. The molecule has 1 amide bonds. The molecule has 0 aromatic rings. The fraction of sp³-hybridized carbons (Fsp3) is 0.767. The first kappa shape index (κ1) is 33.6. The minimum absolute atomic E-state index is 0.381. The largest absolute Gasteiger partial charge is 0.394 e. The smallest absolute Gasteiger partial charge is 0.249 e. The second kappa shape index (κ2) is 25.7. The van der Waals surface area contributed by atoms with Crippen LogP contribution in [0.4, 0.5) is 0 Å². The van der Waals surface area contributed by atoms with Gasteiger partial charge < -0.3 is 20.6 Å². The molecule has 0 aromatic heterocycles. The Morgan fingerprint density at radius 2 is 1.20 bits per heavy atom. The number of rotatable bonds is 24. The third-order valence-electron chi connectivity index (χ3n) is 6.20. The fourth-order valence-corrected chi connectivity index (χ4v) is 3.82. The third-order valence-corrected chi connectivity index (χ3v) is 6.20. The van der Waals surface area contributed by atoms with Crippen LogP contribution in [0.5, 0.6) is 0 Å². The van der Waals surface area contributed by atoms with Gasteiger partial charge in [-0.15, -0.1) is 0 Å². The molecule has 0 heterocycles. The Balaban J connectivity index is 3.97. The number of nitrogens with one attached hydrogen (secondary N) is 1. The Morgan fingerprint density at radius 3 is 1.80 bits per heavy atom. The van der Waals surface area contributed by atoms with Crippen LogP contribution < -0.4 is 5.32 Å². The van der Waals surface area contributed by atoms with Gasteiger partial charge in [0.2, 0.25) is 5.91 Å². The number of aliphatic hydroxyl groups is 3. The van der Waals surface area contributed by atoms with Gasteiger partial charge in [0.05, 0.1) is 18.8 Å². The van der Waals surface area contributed by atoms with Crippen molar-refractivity contribution in [1.82, 2.24) is 5.32 Å². The molecule has 35 heavy (non-hydrogen) atoms. The van der Waals surface area contributed by atoms with E-state index < -0.39 is 24.2 Å². The maximum absolute atomic E-state index is 12.2. The van der Waals surface area contributed by atoms with Crippen LogP contribution in [0.15, 0.2) is 36.5 Å². The first-order valence-electron chi connectivity index (χ1n) is 14.3. The standard InChI is InChI=1S/C30H55NO4/c1-3-5-7-9-11-13-15-17-18-20-22-24-28(33)27(26-32)31-30(35)29(34)25-23-21-19-16-14-12-10-8-6-4-2/h10,12,15,17,22,24,27-29,32-34H,3-9,11,13-14,16,18-21,23,25-26H2,1-2H3,(H,31,35)/b12-10-,17-15+,24-22+. The summed E-state index contributed by atoms with van der Waals surface area (Å²) in [7, 11) is 0. The van der Waals surface area contributed by atoms with Crippen LogP contribution in [-0.4, -0.2) is 46.1 Å². The highest BCUT2D eigenvalue weighted by Crippen LogP contribution is 2.10. The van der Waals surface area contributed by atoms with Gasteiger partial charge in [-0.1, -0.05) is 108 Å². The number of carbonyl (C=O) groups is 1. The first-order chi connectivity index (χ1) is 17.1. The van der Waals surface area contributed by atoms with Crippen molar-refractivity contribution < 1.29 is 20.1 Å². The number of allylic oxidation sites excluding steroid dienone is 5. The van der Waals surface area contributed by atoms with E-state index in [-0.39, 0.29) is 6.61 Å². The molecule has 0 aromatic carbocycles. The van der Waals surface area contributed by atoms with Crippen LogP contribution >= 0.6 is 0 Å². The van der Waals surface area contributed by atoms with Crippen molar-refractivity contribution in [3.05, 3.63) is 36.5 Å². The molecule has 0 bridgehead atoms. The summed E-state index contributed by atoms with van der Waals surface area (Å²) in [5, 5.41) is 32.6. The molecular formula is C30H55NO4. The van der Waals surface area contributed by atoms with Gasteiger partial charge in [0.1, 0.15) is 6.10 Å². The maximum atomic E-state index is 12.2. The molecule has 0 rings (SSSR count). The summed E-state index contributed by atoms with van der Waals surface area (Å²) < 4.78 is 0. The lowest BCUT2D eigenvalue weighted by Crippen LogP contribution is -2.48. The second-order valence-electron chi connectivity index (χ2n) is 9.59. The van der Waals surface area contributed by atoms with Crippen LogP contribution in [0.3, 0.4) is 0 Å². The Labute approximate surface area is 215 Å². The highest BCUT2D eigenvalue weighted by atomic mass is 16.3. The van der Waals surface area contributed by atoms with Gasteiger partial charge in [0, 0.05) is 0 Å². The minimum atomic E-state index is -1.11. The van der Waals surface area contributed by atoms with Crippen molar-refractivity contribution in [3.63, 3.8) is 0 Å². The van der Waals surface area contributed by atoms with Gasteiger partial charge in [-0.05, 0) is 51.4 Å². The van der Waals surface area contributed by atoms with E-state index in [1.165, 1.54) is 44.9 Å². The van der Waals surface area contributed by atoms with Gasteiger partial charge in [0.15, 0.2) is 0 Å². The lowest BCUT2D eigenvalue weighted by Gasteiger charge is -2.21. The van der Waals surface area contributed by atoms with Gasteiger partial charge >= 0.3 is 0 Å². The number of aliphatic hydroxyl groups excluding tert-OH is 3. The van der Waals surface area contributed by atoms with E-state index >= 15 is 0 Å². The highest BCUT2D eigenvalue weighted by molar-refractivity contribution is 5.80. The van der Waals surface area contributed by atoms with E-state index in [9.17, 15) is 20.1 Å². The Morgan fingerprint density at radius 1 is 0.686 bits per heavy atom. The molecule has 0 aliphatic rings. The molecule has 0 saturated heterocycles.